The Morgan fingerprint density at radius 1 is 0.774 bits per heavy atom. The fourth-order valence-corrected chi connectivity index (χ4v) is 6.22. The summed E-state index contributed by atoms with van der Waals surface area (Å²) < 4.78 is 13.4. The second kappa shape index (κ2) is 9.22. The predicted octanol–water partition coefficient (Wildman–Crippen LogP) is 7.40. The topological polar surface area (TPSA) is 51.2 Å². The van der Waals surface area contributed by atoms with Gasteiger partial charge in [-0.15, -0.1) is 0 Å². The van der Waals surface area contributed by atoms with E-state index in [1.165, 1.54) is 6.07 Å². The summed E-state index contributed by atoms with van der Waals surface area (Å²) in [5.74, 6) is -0.442. The number of hydrogen-bond donors (Lipinski definition) is 0. The fourth-order valence-electron chi connectivity index (χ4n) is 3.52. The number of halogens is 3. The Balaban J connectivity index is 2.16. The van der Waals surface area contributed by atoms with Gasteiger partial charge in [0.15, 0.2) is 5.78 Å². The highest BCUT2D eigenvalue weighted by Gasteiger charge is 2.41. The maximum Gasteiger partial charge on any atom is 0.461 e. The molecule has 31 heavy (non-hydrogen) atoms. The van der Waals surface area contributed by atoms with E-state index >= 15 is 0 Å². The van der Waals surface area contributed by atoms with Gasteiger partial charge in [-0.25, -0.2) is 4.79 Å². The van der Waals surface area contributed by atoms with Crippen LogP contribution in [0.25, 0.3) is 0 Å². The first-order valence-electron chi connectivity index (χ1n) is 9.42. The standard InChI is InChI=1S/C24H19Cl3O3P/c1-12-10-13(2)19(15(4)14(12)3)24(29)31(30)23-18(26)11-17(25)20(21(23)27)22(28)16-8-6-5-7-9-16/h5-11H,1-4H3/q+1. The maximum absolute atomic E-state index is 13.4. The van der Waals surface area contributed by atoms with Crippen LogP contribution >= 0.6 is 42.6 Å². The lowest BCUT2D eigenvalue weighted by Gasteiger charge is -2.11. The normalized spacial score (nSPS) is 11.4. The van der Waals surface area contributed by atoms with E-state index in [0.29, 0.717) is 11.1 Å². The highest BCUT2D eigenvalue weighted by atomic mass is 35.5. The van der Waals surface area contributed by atoms with Gasteiger partial charge in [0.1, 0.15) is 5.02 Å². The van der Waals surface area contributed by atoms with Crippen LogP contribution in [-0.2, 0) is 4.57 Å². The molecule has 0 aliphatic rings. The van der Waals surface area contributed by atoms with Crippen molar-refractivity contribution in [1.82, 2.24) is 0 Å². The quantitative estimate of drug-likeness (QED) is 0.275. The van der Waals surface area contributed by atoms with Crippen molar-refractivity contribution in [3.05, 3.63) is 96.5 Å². The smallest absolute Gasteiger partial charge is 0.288 e. The Morgan fingerprint density at radius 2 is 1.39 bits per heavy atom. The van der Waals surface area contributed by atoms with Crippen LogP contribution in [0.2, 0.25) is 15.1 Å². The lowest BCUT2D eigenvalue weighted by Crippen LogP contribution is -2.15. The molecule has 1 atom stereocenters. The maximum atomic E-state index is 13.4. The molecule has 7 heteroatoms. The van der Waals surface area contributed by atoms with Crippen molar-refractivity contribution >= 4 is 59.2 Å². The van der Waals surface area contributed by atoms with Crippen molar-refractivity contribution in [2.24, 2.45) is 0 Å². The van der Waals surface area contributed by atoms with E-state index in [4.69, 9.17) is 34.8 Å². The second-order valence-corrected chi connectivity index (χ2v) is 9.94. The van der Waals surface area contributed by atoms with Gasteiger partial charge in [0.25, 0.3) is 0 Å². The van der Waals surface area contributed by atoms with Gasteiger partial charge in [-0.2, -0.15) is 0 Å². The van der Waals surface area contributed by atoms with Crippen molar-refractivity contribution < 1.29 is 14.2 Å². The zero-order chi connectivity index (χ0) is 23.0. The molecule has 3 nitrogen and oxygen atoms in total. The van der Waals surface area contributed by atoms with Gasteiger partial charge in [-0.1, -0.05) is 75.8 Å². The number of hydrogen-bond acceptors (Lipinski definition) is 3. The zero-order valence-corrected chi connectivity index (χ0v) is 20.5. The number of aryl methyl sites for hydroxylation is 2. The molecule has 3 aromatic rings. The van der Waals surface area contributed by atoms with Crippen molar-refractivity contribution in [3.63, 3.8) is 0 Å². The van der Waals surface area contributed by atoms with E-state index in [-0.39, 0.29) is 25.9 Å². The summed E-state index contributed by atoms with van der Waals surface area (Å²) in [5.41, 5.74) is 3.59. The number of rotatable bonds is 5. The number of carbonyl (C=O) groups excluding carboxylic acids is 2. The van der Waals surface area contributed by atoms with Crippen molar-refractivity contribution in [1.29, 1.82) is 0 Å². The molecule has 0 spiro atoms. The number of ketones is 1. The van der Waals surface area contributed by atoms with Crippen molar-refractivity contribution in [2.75, 3.05) is 0 Å². The average Bonchev–Trinajstić information content (AvgIpc) is 2.72. The van der Waals surface area contributed by atoms with Crippen LogP contribution in [0.1, 0.15) is 48.5 Å². The van der Waals surface area contributed by atoms with E-state index in [0.717, 1.165) is 22.3 Å². The molecule has 0 bridgehead atoms. The molecule has 158 valence electrons. The highest BCUT2D eigenvalue weighted by Crippen LogP contribution is 2.40. The molecule has 0 heterocycles. The first-order chi connectivity index (χ1) is 14.6. The van der Waals surface area contributed by atoms with Crippen LogP contribution in [0, 0.1) is 27.7 Å². The number of carbonyl (C=O) groups is 2. The predicted molar refractivity (Wildman–Crippen MR) is 128 cm³/mol. The summed E-state index contributed by atoms with van der Waals surface area (Å²) >= 11 is 19.1. The Bertz CT molecular complexity index is 1250. The molecule has 0 aliphatic carbocycles. The van der Waals surface area contributed by atoms with E-state index in [1.54, 1.807) is 37.3 Å². The van der Waals surface area contributed by atoms with E-state index in [1.807, 2.05) is 26.8 Å². The Morgan fingerprint density at radius 3 is 2.00 bits per heavy atom. The van der Waals surface area contributed by atoms with Gasteiger partial charge in [0.2, 0.25) is 5.30 Å². The summed E-state index contributed by atoms with van der Waals surface area (Å²) in [6.45, 7) is 7.48. The molecule has 0 aromatic heterocycles. The average molecular weight is 493 g/mol. The first-order valence-corrected chi connectivity index (χ1v) is 11.8. The molecule has 3 rings (SSSR count). The molecule has 0 saturated heterocycles. The summed E-state index contributed by atoms with van der Waals surface area (Å²) in [6, 6.07) is 11.6. The molecule has 0 aliphatic heterocycles. The highest BCUT2D eigenvalue weighted by molar-refractivity contribution is 7.72. The Hall–Kier alpha value is -2.03. The van der Waals surface area contributed by atoms with Crippen LogP contribution in [-0.4, -0.2) is 11.3 Å². The van der Waals surface area contributed by atoms with Gasteiger partial charge in [-0.3, -0.25) is 4.79 Å². The van der Waals surface area contributed by atoms with Crippen LogP contribution < -0.4 is 5.30 Å². The Labute approximate surface area is 197 Å². The third-order valence-electron chi connectivity index (χ3n) is 5.37. The third-order valence-corrected chi connectivity index (χ3v) is 8.07. The van der Waals surface area contributed by atoms with Crippen LogP contribution in [0.5, 0.6) is 0 Å². The Kier molecular flexibility index (Phi) is 7.03. The van der Waals surface area contributed by atoms with Crippen LogP contribution in [0.15, 0.2) is 42.5 Å². The molecule has 0 saturated carbocycles. The largest absolute Gasteiger partial charge is 0.461 e. The zero-order valence-electron chi connectivity index (χ0n) is 17.3. The van der Waals surface area contributed by atoms with E-state index in [2.05, 4.69) is 0 Å². The summed E-state index contributed by atoms with van der Waals surface area (Å²) in [4.78, 5) is 26.3. The molecule has 0 fully saturated rings. The summed E-state index contributed by atoms with van der Waals surface area (Å²) in [6.07, 6.45) is 0. The summed E-state index contributed by atoms with van der Waals surface area (Å²) in [7, 11) is -2.70. The molecule has 0 amide bonds. The number of benzene rings is 3. The van der Waals surface area contributed by atoms with Crippen LogP contribution in [0.3, 0.4) is 0 Å². The van der Waals surface area contributed by atoms with Gasteiger partial charge in [0.05, 0.1) is 21.2 Å². The first kappa shape index (κ1) is 23.6. The lowest BCUT2D eigenvalue weighted by atomic mass is 9.95. The molecular weight excluding hydrogens is 474 g/mol. The third kappa shape index (κ3) is 4.33. The van der Waals surface area contributed by atoms with Gasteiger partial charge in [0, 0.05) is 5.56 Å². The minimum Gasteiger partial charge on any atom is -0.288 e. The molecule has 3 aromatic carbocycles. The SMILES string of the molecule is Cc1cc(C)c(C(=O)[P+](=O)c2c(Cl)cc(Cl)c(C(=O)c3ccccc3)c2Cl)c(C)c1C. The second-order valence-electron chi connectivity index (χ2n) is 7.31. The molecule has 0 radical (unpaired) electrons. The van der Waals surface area contributed by atoms with E-state index < -0.39 is 19.1 Å². The minimum atomic E-state index is -2.70. The fraction of sp³-hybridized carbons (Fsp3) is 0.167. The van der Waals surface area contributed by atoms with Crippen LogP contribution in [0.4, 0.5) is 0 Å². The van der Waals surface area contributed by atoms with Gasteiger partial charge in [-0.05, 0) is 56.0 Å². The van der Waals surface area contributed by atoms with Gasteiger partial charge >= 0.3 is 13.3 Å². The van der Waals surface area contributed by atoms with Crippen molar-refractivity contribution in [3.8, 4) is 0 Å². The summed E-state index contributed by atoms with van der Waals surface area (Å²) in [5, 5.41) is -0.237. The van der Waals surface area contributed by atoms with Crippen molar-refractivity contribution in [2.45, 2.75) is 27.7 Å². The minimum absolute atomic E-state index is 0.0202. The molecule has 1 unspecified atom stereocenters. The molecular formula is C24H19Cl3O3P+. The molecule has 0 N–H and O–H groups in total. The van der Waals surface area contributed by atoms with Gasteiger partial charge < -0.3 is 0 Å². The lowest BCUT2D eigenvalue weighted by molar-refractivity contribution is 0.103. The monoisotopic (exact) mass is 491 g/mol. The van der Waals surface area contributed by atoms with E-state index in [9.17, 15) is 14.2 Å².